The van der Waals surface area contributed by atoms with E-state index in [9.17, 15) is 26.4 Å². The Bertz CT molecular complexity index is 394. The molecule has 8 N–H and O–H groups in total. The zero-order chi connectivity index (χ0) is 17.6. The van der Waals surface area contributed by atoms with Crippen molar-refractivity contribution in [2.24, 2.45) is 11.5 Å². The summed E-state index contributed by atoms with van der Waals surface area (Å²) in [6.45, 7) is -0.556. The number of carboxylic acids is 2. The fourth-order valence-corrected chi connectivity index (χ4v) is 0. The summed E-state index contributed by atoms with van der Waals surface area (Å²) < 4.78 is 51.7. The van der Waals surface area contributed by atoms with Gasteiger partial charge in [-0.25, -0.2) is 0 Å². The topological polar surface area (TPSA) is 235 Å². The number of carboxylic acid groups (broad SMARTS) is 2. The molecule has 12 nitrogen and oxygen atoms in total. The van der Waals surface area contributed by atoms with Crippen molar-refractivity contribution in [3.05, 3.63) is 0 Å². The van der Waals surface area contributed by atoms with E-state index in [0.717, 1.165) is 0 Å². The fraction of sp³-hybridized carbons (Fsp3) is 0.667. The van der Waals surface area contributed by atoms with Gasteiger partial charge < -0.3 is 21.7 Å². The molecule has 0 aliphatic heterocycles. The van der Waals surface area contributed by atoms with Gasteiger partial charge in [0.25, 0.3) is 20.2 Å². The van der Waals surface area contributed by atoms with Gasteiger partial charge in [0.15, 0.2) is 0 Å². The summed E-state index contributed by atoms with van der Waals surface area (Å²) in [4.78, 5) is 18.5. The largest absolute Gasteiger partial charge is 0.480 e. The Hall–Kier alpha value is -1.32. The van der Waals surface area contributed by atoms with Crippen LogP contribution in [0, 0.1) is 0 Å². The molecular formula is C6H18N2O10S2. The Kier molecular flexibility index (Phi) is 19.1. The van der Waals surface area contributed by atoms with E-state index in [0.29, 0.717) is 12.5 Å². The van der Waals surface area contributed by atoms with E-state index in [1.54, 1.807) is 0 Å². The van der Waals surface area contributed by atoms with Gasteiger partial charge in [0, 0.05) is 0 Å². The van der Waals surface area contributed by atoms with Crippen LogP contribution in [-0.4, -0.2) is 73.7 Å². The molecule has 0 aromatic rings. The van der Waals surface area contributed by atoms with E-state index in [1.807, 2.05) is 0 Å². The smallest absolute Gasteiger partial charge is 0.317 e. The van der Waals surface area contributed by atoms with E-state index < -0.39 is 32.2 Å². The van der Waals surface area contributed by atoms with Gasteiger partial charge in [0.1, 0.15) is 0 Å². The highest BCUT2D eigenvalue weighted by atomic mass is 32.2. The Labute approximate surface area is 115 Å². The van der Waals surface area contributed by atoms with Crippen molar-refractivity contribution in [2.75, 3.05) is 25.6 Å². The van der Waals surface area contributed by atoms with Gasteiger partial charge in [-0.2, -0.15) is 16.8 Å². The molecule has 0 amide bonds. The Morgan fingerprint density at radius 1 is 0.800 bits per heavy atom. The zero-order valence-corrected chi connectivity index (χ0v) is 12.3. The first-order chi connectivity index (χ1) is 8.54. The number of carbonyl (C=O) groups is 2. The molecule has 0 unspecified atom stereocenters. The van der Waals surface area contributed by atoms with Crippen molar-refractivity contribution in [1.82, 2.24) is 0 Å². The van der Waals surface area contributed by atoms with E-state index >= 15 is 0 Å². The Balaban J connectivity index is -0.0000000853. The van der Waals surface area contributed by atoms with Gasteiger partial charge in [0.05, 0.1) is 25.6 Å². The summed E-state index contributed by atoms with van der Waals surface area (Å²) in [6.07, 6.45) is 1.43. The summed E-state index contributed by atoms with van der Waals surface area (Å²) in [7, 11) is -7.33. The molecule has 0 radical (unpaired) electrons. The van der Waals surface area contributed by atoms with Crippen LogP contribution in [-0.2, 0) is 29.8 Å². The van der Waals surface area contributed by atoms with E-state index in [4.69, 9.17) is 19.3 Å². The molecule has 0 saturated heterocycles. The maximum Gasteiger partial charge on any atom is 0.317 e. The van der Waals surface area contributed by atoms with Gasteiger partial charge in [-0.1, -0.05) is 0 Å². The van der Waals surface area contributed by atoms with Gasteiger partial charge in [-0.05, 0) is 0 Å². The summed E-state index contributed by atoms with van der Waals surface area (Å²) in [5, 5.41) is 15.2. The van der Waals surface area contributed by atoms with Gasteiger partial charge >= 0.3 is 11.9 Å². The molecule has 0 spiro atoms. The fourth-order valence-electron chi connectivity index (χ4n) is 0. The molecule has 0 fully saturated rings. The molecule has 0 aromatic carbocycles. The van der Waals surface area contributed by atoms with Gasteiger partial charge in [0.2, 0.25) is 0 Å². The molecule has 0 aliphatic carbocycles. The first-order valence-corrected chi connectivity index (χ1v) is 7.92. The van der Waals surface area contributed by atoms with Crippen LogP contribution < -0.4 is 11.5 Å². The highest BCUT2D eigenvalue weighted by Crippen LogP contribution is 1.61. The van der Waals surface area contributed by atoms with Gasteiger partial charge in [-0.3, -0.25) is 18.7 Å². The van der Waals surface area contributed by atoms with E-state index in [2.05, 4.69) is 11.5 Å². The number of hydrogen-bond donors (Lipinski definition) is 6. The number of aliphatic carboxylic acids is 2. The number of rotatable bonds is 2. The van der Waals surface area contributed by atoms with Crippen LogP contribution in [0.15, 0.2) is 0 Å². The molecule has 124 valence electrons. The highest BCUT2D eigenvalue weighted by molar-refractivity contribution is 7.85. The second kappa shape index (κ2) is 14.1. The predicted octanol–water partition coefficient (Wildman–Crippen LogP) is -2.93. The van der Waals surface area contributed by atoms with Crippen molar-refractivity contribution in [2.45, 2.75) is 0 Å². The first kappa shape index (κ1) is 27.1. The lowest BCUT2D eigenvalue weighted by Gasteiger charge is -1.73. The van der Waals surface area contributed by atoms with Crippen molar-refractivity contribution in [3.8, 4) is 0 Å². The Morgan fingerprint density at radius 3 is 0.850 bits per heavy atom. The standard InChI is InChI=1S/2C2H5NO2.2CH4O3S/c2*3-1-2(4)5;2*1-5(2,3)4/h2*1,3H2,(H,4,5);2*1H3,(H,2,3,4). The molecule has 0 atom stereocenters. The average Bonchev–Trinajstić information content (AvgIpc) is 2.13. The minimum Gasteiger partial charge on any atom is -0.480 e. The third-order valence-electron chi connectivity index (χ3n) is 0.349. The second-order valence-electron chi connectivity index (χ2n) is 2.66. The first-order valence-electron chi connectivity index (χ1n) is 4.23. The lowest BCUT2D eigenvalue weighted by Crippen LogP contribution is -2.10. The third-order valence-corrected chi connectivity index (χ3v) is 0.349. The van der Waals surface area contributed by atoms with Crippen LogP contribution in [0.25, 0.3) is 0 Å². The van der Waals surface area contributed by atoms with Gasteiger partial charge in [-0.15, -0.1) is 0 Å². The molecule has 0 rings (SSSR count). The van der Waals surface area contributed by atoms with Crippen molar-refractivity contribution in [3.63, 3.8) is 0 Å². The third kappa shape index (κ3) is 571. The van der Waals surface area contributed by atoms with Crippen LogP contribution in [0.3, 0.4) is 0 Å². The summed E-state index contributed by atoms with van der Waals surface area (Å²) in [5.41, 5.74) is 9.14. The lowest BCUT2D eigenvalue weighted by atomic mass is 10.7. The lowest BCUT2D eigenvalue weighted by molar-refractivity contribution is -0.136. The van der Waals surface area contributed by atoms with Crippen molar-refractivity contribution < 1.29 is 45.7 Å². The molecule has 0 heterocycles. The van der Waals surface area contributed by atoms with Crippen LogP contribution >= 0.6 is 0 Å². The second-order valence-corrected chi connectivity index (χ2v) is 5.59. The monoisotopic (exact) mass is 342 g/mol. The molecule has 0 aliphatic rings. The maximum atomic E-state index is 9.24. The SMILES string of the molecule is CS(=O)(=O)O.CS(=O)(=O)O.NCC(=O)O.NCC(=O)O. The van der Waals surface area contributed by atoms with E-state index in [1.165, 1.54) is 0 Å². The van der Waals surface area contributed by atoms with E-state index in [-0.39, 0.29) is 13.1 Å². The summed E-state index contributed by atoms with van der Waals surface area (Å²) in [6, 6.07) is 0. The maximum absolute atomic E-state index is 9.24. The summed E-state index contributed by atoms with van der Waals surface area (Å²) >= 11 is 0. The number of hydrogen-bond acceptors (Lipinski definition) is 8. The minimum atomic E-state index is -3.67. The number of nitrogens with two attached hydrogens (primary N) is 2. The van der Waals surface area contributed by atoms with Crippen LogP contribution in [0.2, 0.25) is 0 Å². The molecule has 20 heavy (non-hydrogen) atoms. The van der Waals surface area contributed by atoms with Crippen molar-refractivity contribution in [1.29, 1.82) is 0 Å². The molecule has 14 heteroatoms. The van der Waals surface area contributed by atoms with Crippen LogP contribution in [0.1, 0.15) is 0 Å². The van der Waals surface area contributed by atoms with Crippen molar-refractivity contribution >= 4 is 32.2 Å². The van der Waals surface area contributed by atoms with Crippen LogP contribution in [0.5, 0.6) is 0 Å². The molecule has 0 aromatic heterocycles. The predicted molar refractivity (Wildman–Crippen MR) is 68.3 cm³/mol. The average molecular weight is 342 g/mol. The summed E-state index contributed by atoms with van der Waals surface area (Å²) in [5.74, 6) is -1.94. The molecule has 0 bridgehead atoms. The quantitative estimate of drug-likeness (QED) is 0.276. The molecular weight excluding hydrogens is 324 g/mol. The minimum absolute atomic E-state index is 0.278. The van der Waals surface area contributed by atoms with Crippen LogP contribution in [0.4, 0.5) is 0 Å². The Morgan fingerprint density at radius 2 is 0.850 bits per heavy atom. The highest BCUT2D eigenvalue weighted by Gasteiger charge is 1.82. The molecule has 0 saturated carbocycles. The normalized spacial score (nSPS) is 9.50. The zero-order valence-electron chi connectivity index (χ0n) is 10.6.